The summed E-state index contributed by atoms with van der Waals surface area (Å²) in [6, 6.07) is 0.0841. The van der Waals surface area contributed by atoms with E-state index >= 15 is 0 Å². The normalized spacial score (nSPS) is 20.8. The molecule has 1 aromatic heterocycles. The first kappa shape index (κ1) is 17.9. The molecule has 0 bridgehead atoms. The first-order valence-electron chi connectivity index (χ1n) is 9.40. The lowest BCUT2D eigenvalue weighted by Crippen LogP contribution is -2.34. The van der Waals surface area contributed by atoms with E-state index in [0.717, 1.165) is 57.4 Å². The molecule has 1 fully saturated rings. The fourth-order valence-corrected chi connectivity index (χ4v) is 3.38. The second kappa shape index (κ2) is 7.99. The Morgan fingerprint density at radius 3 is 2.88 bits per heavy atom. The van der Waals surface area contributed by atoms with Gasteiger partial charge in [0.15, 0.2) is 5.82 Å². The van der Waals surface area contributed by atoms with Crippen LogP contribution in [-0.2, 0) is 17.7 Å². The van der Waals surface area contributed by atoms with Crippen molar-refractivity contribution in [3.63, 3.8) is 0 Å². The van der Waals surface area contributed by atoms with Gasteiger partial charge in [0.2, 0.25) is 0 Å². The van der Waals surface area contributed by atoms with Crippen molar-refractivity contribution in [2.24, 2.45) is 0 Å². The number of carbonyl (C=O) groups is 2. The Kier molecular flexibility index (Phi) is 5.73. The van der Waals surface area contributed by atoms with Crippen LogP contribution in [0.5, 0.6) is 0 Å². The highest BCUT2D eigenvalue weighted by molar-refractivity contribution is 5.97. The summed E-state index contributed by atoms with van der Waals surface area (Å²) in [7, 11) is 0. The van der Waals surface area contributed by atoms with Gasteiger partial charge in [-0.25, -0.2) is 4.98 Å². The zero-order valence-corrected chi connectivity index (χ0v) is 15.1. The maximum Gasteiger partial charge on any atom is 0.287 e. The van der Waals surface area contributed by atoms with E-state index in [1.54, 1.807) is 0 Å². The van der Waals surface area contributed by atoms with Crippen molar-refractivity contribution < 1.29 is 14.3 Å². The minimum absolute atomic E-state index is 0.0841. The molecule has 7 heteroatoms. The molecular formula is C18H28N4O3. The van der Waals surface area contributed by atoms with Gasteiger partial charge < -0.3 is 19.9 Å². The highest BCUT2D eigenvalue weighted by Gasteiger charge is 2.28. The molecule has 0 aliphatic carbocycles. The summed E-state index contributed by atoms with van der Waals surface area (Å²) in [5, 5.41) is 5.87. The zero-order chi connectivity index (χ0) is 17.8. The molecule has 2 amide bonds. The van der Waals surface area contributed by atoms with Gasteiger partial charge in [-0.3, -0.25) is 9.59 Å². The largest absolute Gasteiger partial charge is 0.376 e. The van der Waals surface area contributed by atoms with Crippen LogP contribution in [0.4, 0.5) is 0 Å². The molecule has 0 radical (unpaired) electrons. The van der Waals surface area contributed by atoms with E-state index in [1.807, 2.05) is 18.4 Å². The summed E-state index contributed by atoms with van der Waals surface area (Å²) in [5.74, 6) is -0.0447. The SMILES string of the molecule is CCC(C)NC(=O)c1nc(C(=O)NCC2CCCO2)c2n1CCCC2. The van der Waals surface area contributed by atoms with Crippen molar-refractivity contribution in [3.8, 4) is 0 Å². The van der Waals surface area contributed by atoms with Crippen molar-refractivity contribution in [2.75, 3.05) is 13.2 Å². The molecule has 0 saturated carbocycles. The quantitative estimate of drug-likeness (QED) is 0.819. The molecule has 2 unspecified atom stereocenters. The molecule has 2 aliphatic heterocycles. The summed E-state index contributed by atoms with van der Waals surface area (Å²) >= 11 is 0. The smallest absolute Gasteiger partial charge is 0.287 e. The van der Waals surface area contributed by atoms with Crippen LogP contribution in [0.3, 0.4) is 0 Å². The van der Waals surface area contributed by atoms with Crippen molar-refractivity contribution in [3.05, 3.63) is 17.2 Å². The van der Waals surface area contributed by atoms with E-state index < -0.39 is 0 Å². The number of hydrogen-bond donors (Lipinski definition) is 2. The van der Waals surface area contributed by atoms with Gasteiger partial charge in [0, 0.05) is 25.7 Å². The number of amides is 2. The first-order chi connectivity index (χ1) is 12.1. The van der Waals surface area contributed by atoms with Gasteiger partial charge >= 0.3 is 0 Å². The first-order valence-corrected chi connectivity index (χ1v) is 9.40. The van der Waals surface area contributed by atoms with Crippen LogP contribution in [0.25, 0.3) is 0 Å². The maximum absolute atomic E-state index is 12.6. The predicted molar refractivity (Wildman–Crippen MR) is 93.7 cm³/mol. The lowest BCUT2D eigenvalue weighted by Gasteiger charge is -2.18. The second-order valence-electron chi connectivity index (χ2n) is 6.97. The van der Waals surface area contributed by atoms with Crippen LogP contribution >= 0.6 is 0 Å². The molecule has 3 rings (SSSR count). The Balaban J connectivity index is 1.76. The van der Waals surface area contributed by atoms with Gasteiger partial charge in [0.25, 0.3) is 11.8 Å². The van der Waals surface area contributed by atoms with E-state index in [-0.39, 0.29) is 24.0 Å². The van der Waals surface area contributed by atoms with Crippen molar-refractivity contribution in [1.82, 2.24) is 20.2 Å². The van der Waals surface area contributed by atoms with E-state index in [2.05, 4.69) is 15.6 Å². The number of aromatic nitrogens is 2. The molecule has 2 atom stereocenters. The molecule has 7 nitrogen and oxygen atoms in total. The molecular weight excluding hydrogens is 320 g/mol. The van der Waals surface area contributed by atoms with Crippen LogP contribution in [0.2, 0.25) is 0 Å². The van der Waals surface area contributed by atoms with Crippen LogP contribution in [-0.4, -0.2) is 46.7 Å². The number of nitrogens with zero attached hydrogens (tertiary/aromatic N) is 2. The van der Waals surface area contributed by atoms with E-state index in [4.69, 9.17) is 4.74 Å². The Morgan fingerprint density at radius 1 is 1.32 bits per heavy atom. The number of hydrogen-bond acceptors (Lipinski definition) is 4. The van der Waals surface area contributed by atoms with Crippen LogP contribution in [0, 0.1) is 0 Å². The molecule has 3 heterocycles. The molecule has 138 valence electrons. The minimum Gasteiger partial charge on any atom is -0.376 e. The van der Waals surface area contributed by atoms with Gasteiger partial charge in [-0.15, -0.1) is 0 Å². The summed E-state index contributed by atoms with van der Waals surface area (Å²) in [5.41, 5.74) is 1.28. The summed E-state index contributed by atoms with van der Waals surface area (Å²) in [4.78, 5) is 29.6. The number of carbonyl (C=O) groups excluding carboxylic acids is 2. The summed E-state index contributed by atoms with van der Waals surface area (Å²) in [6.45, 7) is 5.99. The van der Waals surface area contributed by atoms with Gasteiger partial charge in [-0.05, 0) is 45.4 Å². The fraction of sp³-hybridized carbons (Fsp3) is 0.722. The van der Waals surface area contributed by atoms with Crippen molar-refractivity contribution in [2.45, 2.75) is 71.1 Å². The number of imidazole rings is 1. The number of rotatable bonds is 6. The third kappa shape index (κ3) is 4.03. The van der Waals surface area contributed by atoms with E-state index in [0.29, 0.717) is 18.1 Å². The van der Waals surface area contributed by atoms with Crippen LogP contribution < -0.4 is 10.6 Å². The van der Waals surface area contributed by atoms with Crippen LogP contribution in [0.15, 0.2) is 0 Å². The molecule has 0 aromatic carbocycles. The second-order valence-corrected chi connectivity index (χ2v) is 6.97. The average molecular weight is 348 g/mol. The Morgan fingerprint density at radius 2 is 2.16 bits per heavy atom. The van der Waals surface area contributed by atoms with Crippen molar-refractivity contribution >= 4 is 11.8 Å². The van der Waals surface area contributed by atoms with Gasteiger partial charge in [0.1, 0.15) is 5.69 Å². The third-order valence-electron chi connectivity index (χ3n) is 5.04. The summed E-state index contributed by atoms with van der Waals surface area (Å²) < 4.78 is 7.47. The topological polar surface area (TPSA) is 85.2 Å². The van der Waals surface area contributed by atoms with Gasteiger partial charge in [-0.1, -0.05) is 6.92 Å². The van der Waals surface area contributed by atoms with Gasteiger partial charge in [-0.2, -0.15) is 0 Å². The lowest BCUT2D eigenvalue weighted by atomic mass is 10.1. The fourth-order valence-electron chi connectivity index (χ4n) is 3.38. The Hall–Kier alpha value is -1.89. The molecule has 2 N–H and O–H groups in total. The number of nitrogens with one attached hydrogen (secondary N) is 2. The standard InChI is InChI=1S/C18H28N4O3/c1-3-12(2)20-18(24)16-21-15(14-8-4-5-9-22(14)16)17(23)19-11-13-7-6-10-25-13/h12-13H,3-11H2,1-2H3,(H,19,23)(H,20,24). The average Bonchev–Trinajstić information content (AvgIpc) is 3.27. The third-order valence-corrected chi connectivity index (χ3v) is 5.04. The van der Waals surface area contributed by atoms with E-state index in [1.165, 1.54) is 0 Å². The lowest BCUT2D eigenvalue weighted by molar-refractivity contribution is 0.0853. The number of ether oxygens (including phenoxy) is 1. The molecule has 1 saturated heterocycles. The minimum atomic E-state index is -0.205. The molecule has 1 aromatic rings. The van der Waals surface area contributed by atoms with Gasteiger partial charge in [0.05, 0.1) is 11.8 Å². The van der Waals surface area contributed by atoms with Crippen LogP contribution in [0.1, 0.15) is 72.8 Å². The Bertz CT molecular complexity index is 635. The predicted octanol–water partition coefficient (Wildman–Crippen LogP) is 1.66. The highest BCUT2D eigenvalue weighted by Crippen LogP contribution is 2.21. The monoisotopic (exact) mass is 348 g/mol. The molecule has 25 heavy (non-hydrogen) atoms. The summed E-state index contributed by atoms with van der Waals surface area (Å²) in [6.07, 6.45) is 5.77. The highest BCUT2D eigenvalue weighted by atomic mass is 16.5. The Labute approximate surface area is 148 Å². The molecule has 0 spiro atoms. The number of fused-ring (bicyclic) bond motifs is 1. The maximum atomic E-state index is 12.6. The zero-order valence-electron chi connectivity index (χ0n) is 15.1. The van der Waals surface area contributed by atoms with Crippen molar-refractivity contribution in [1.29, 1.82) is 0 Å². The van der Waals surface area contributed by atoms with E-state index in [9.17, 15) is 9.59 Å². The molecule has 2 aliphatic rings.